The maximum absolute atomic E-state index is 12.9. The number of nitrogens with zero attached hydrogens (tertiary/aromatic N) is 1. The van der Waals surface area contributed by atoms with E-state index < -0.39 is 0 Å². The third-order valence-corrected chi connectivity index (χ3v) is 6.34. The number of carbonyl (C=O) groups excluding carboxylic acids is 2. The third kappa shape index (κ3) is 4.74. The summed E-state index contributed by atoms with van der Waals surface area (Å²) >= 11 is 13.2. The molecule has 0 unspecified atom stereocenters. The highest BCUT2D eigenvalue weighted by Crippen LogP contribution is 2.37. The van der Waals surface area contributed by atoms with Crippen LogP contribution in [0, 0.1) is 0 Å². The highest BCUT2D eigenvalue weighted by molar-refractivity contribution is 8.19. The predicted octanol–water partition coefficient (Wildman–Crippen LogP) is 7.84. The SMILES string of the molecule is CCCCc1ccc(N2C(=O)S/C(=C/c3ccc(-c4cc(Cl)ccc4Cl)o3)C2=O)cc1. The van der Waals surface area contributed by atoms with Gasteiger partial charge in [0.25, 0.3) is 11.1 Å². The van der Waals surface area contributed by atoms with Crippen molar-refractivity contribution in [1.29, 1.82) is 0 Å². The number of thioether (sulfide) groups is 1. The van der Waals surface area contributed by atoms with Crippen molar-refractivity contribution in [2.45, 2.75) is 26.2 Å². The number of imide groups is 1. The number of unbranched alkanes of at least 4 members (excludes halogenated alkanes) is 1. The van der Waals surface area contributed by atoms with Crippen molar-refractivity contribution in [3.8, 4) is 11.3 Å². The van der Waals surface area contributed by atoms with Crippen molar-refractivity contribution >= 4 is 57.9 Å². The Morgan fingerprint density at radius 3 is 2.55 bits per heavy atom. The fourth-order valence-electron chi connectivity index (χ4n) is 3.27. The fraction of sp³-hybridized carbons (Fsp3) is 0.167. The van der Waals surface area contributed by atoms with E-state index in [-0.39, 0.29) is 11.1 Å². The largest absolute Gasteiger partial charge is 0.457 e. The van der Waals surface area contributed by atoms with E-state index in [1.807, 2.05) is 24.3 Å². The average Bonchev–Trinajstić information content (AvgIpc) is 3.33. The van der Waals surface area contributed by atoms with Crippen LogP contribution in [0.3, 0.4) is 0 Å². The van der Waals surface area contributed by atoms with E-state index in [9.17, 15) is 9.59 Å². The molecule has 4 rings (SSSR count). The van der Waals surface area contributed by atoms with E-state index in [1.54, 1.807) is 36.4 Å². The molecule has 1 aromatic heterocycles. The number of amides is 2. The van der Waals surface area contributed by atoms with Crippen LogP contribution in [-0.2, 0) is 11.2 Å². The monoisotopic (exact) mass is 471 g/mol. The summed E-state index contributed by atoms with van der Waals surface area (Å²) in [6.45, 7) is 2.15. The minimum atomic E-state index is -0.366. The number of hydrogen-bond acceptors (Lipinski definition) is 4. The van der Waals surface area contributed by atoms with E-state index in [1.165, 1.54) is 10.5 Å². The number of halogens is 2. The van der Waals surface area contributed by atoms with Gasteiger partial charge in [-0.15, -0.1) is 0 Å². The number of aryl methyl sites for hydroxylation is 1. The van der Waals surface area contributed by atoms with Crippen LogP contribution in [0.15, 0.2) is 63.9 Å². The molecule has 31 heavy (non-hydrogen) atoms. The van der Waals surface area contributed by atoms with Gasteiger partial charge < -0.3 is 4.42 Å². The smallest absolute Gasteiger partial charge is 0.298 e. The van der Waals surface area contributed by atoms with Crippen molar-refractivity contribution in [3.05, 3.63) is 80.9 Å². The first-order valence-corrected chi connectivity index (χ1v) is 11.5. The molecule has 2 aromatic carbocycles. The second kappa shape index (κ2) is 9.35. The van der Waals surface area contributed by atoms with Gasteiger partial charge >= 0.3 is 0 Å². The van der Waals surface area contributed by atoms with Crippen LogP contribution < -0.4 is 4.90 Å². The number of benzene rings is 2. The Balaban J connectivity index is 1.55. The van der Waals surface area contributed by atoms with Gasteiger partial charge in [0, 0.05) is 16.7 Å². The highest BCUT2D eigenvalue weighted by Gasteiger charge is 2.36. The van der Waals surface area contributed by atoms with Crippen molar-refractivity contribution in [3.63, 3.8) is 0 Å². The standard InChI is InChI=1S/C24H19Cl2NO3S/c1-2-3-4-15-5-8-17(9-6-15)27-23(28)22(31-24(27)29)14-18-10-12-21(30-18)19-13-16(25)7-11-20(19)26/h5-14H,2-4H2,1H3/b22-14+. The van der Waals surface area contributed by atoms with Crippen LogP contribution in [0.1, 0.15) is 31.1 Å². The Morgan fingerprint density at radius 1 is 1.03 bits per heavy atom. The molecule has 2 heterocycles. The first kappa shape index (κ1) is 21.8. The number of hydrogen-bond donors (Lipinski definition) is 0. The maximum Gasteiger partial charge on any atom is 0.298 e. The Morgan fingerprint density at radius 2 is 1.81 bits per heavy atom. The summed E-state index contributed by atoms with van der Waals surface area (Å²) in [4.78, 5) is 26.9. The van der Waals surface area contributed by atoms with E-state index >= 15 is 0 Å². The van der Waals surface area contributed by atoms with Gasteiger partial charge in [0.2, 0.25) is 0 Å². The quantitative estimate of drug-likeness (QED) is 0.343. The molecule has 0 radical (unpaired) electrons. The maximum atomic E-state index is 12.9. The van der Waals surface area contributed by atoms with Gasteiger partial charge in [-0.1, -0.05) is 48.7 Å². The van der Waals surface area contributed by atoms with Crippen LogP contribution >= 0.6 is 35.0 Å². The lowest BCUT2D eigenvalue weighted by Gasteiger charge is -2.13. The van der Waals surface area contributed by atoms with E-state index in [0.29, 0.717) is 37.7 Å². The van der Waals surface area contributed by atoms with Crippen molar-refractivity contribution in [2.75, 3.05) is 4.90 Å². The molecule has 1 aliphatic heterocycles. The third-order valence-electron chi connectivity index (χ3n) is 4.90. The molecule has 1 aliphatic rings. The molecule has 0 saturated carbocycles. The summed E-state index contributed by atoms with van der Waals surface area (Å²) < 4.78 is 5.83. The zero-order valence-electron chi connectivity index (χ0n) is 16.7. The summed E-state index contributed by atoms with van der Waals surface area (Å²) in [5.41, 5.74) is 2.41. The minimum Gasteiger partial charge on any atom is -0.457 e. The molecular weight excluding hydrogens is 453 g/mol. The van der Waals surface area contributed by atoms with Gasteiger partial charge in [-0.2, -0.15) is 0 Å². The second-order valence-corrected chi connectivity index (χ2v) is 8.95. The van der Waals surface area contributed by atoms with Crippen LogP contribution in [0.5, 0.6) is 0 Å². The first-order valence-electron chi connectivity index (χ1n) is 9.88. The van der Waals surface area contributed by atoms with Gasteiger partial charge in [0.15, 0.2) is 0 Å². The number of carbonyl (C=O) groups is 2. The molecule has 7 heteroatoms. The second-order valence-electron chi connectivity index (χ2n) is 7.11. The van der Waals surface area contributed by atoms with Crippen LogP contribution in [0.25, 0.3) is 17.4 Å². The van der Waals surface area contributed by atoms with Crippen molar-refractivity contribution in [1.82, 2.24) is 0 Å². The lowest BCUT2D eigenvalue weighted by Crippen LogP contribution is -2.27. The summed E-state index contributed by atoms with van der Waals surface area (Å²) in [7, 11) is 0. The highest BCUT2D eigenvalue weighted by atomic mass is 35.5. The average molecular weight is 472 g/mol. The molecule has 1 fully saturated rings. The van der Waals surface area contributed by atoms with Crippen molar-refractivity contribution in [2.24, 2.45) is 0 Å². The summed E-state index contributed by atoms with van der Waals surface area (Å²) in [5, 5.41) is 0.717. The van der Waals surface area contributed by atoms with Gasteiger partial charge in [-0.25, -0.2) is 4.90 Å². The van der Waals surface area contributed by atoms with E-state index in [0.717, 1.165) is 31.0 Å². The Bertz CT molecular complexity index is 1170. The Kier molecular flexibility index (Phi) is 6.56. The molecule has 2 amide bonds. The van der Waals surface area contributed by atoms with Gasteiger partial charge in [0.1, 0.15) is 11.5 Å². The number of anilines is 1. The molecule has 158 valence electrons. The minimum absolute atomic E-state index is 0.304. The van der Waals surface area contributed by atoms with Crippen LogP contribution in [0.4, 0.5) is 10.5 Å². The summed E-state index contributed by atoms with van der Waals surface area (Å²) in [6, 6.07) is 16.1. The van der Waals surface area contributed by atoms with Crippen LogP contribution in [0.2, 0.25) is 10.0 Å². The normalized spacial score (nSPS) is 15.3. The summed E-state index contributed by atoms with van der Waals surface area (Å²) in [6.07, 6.45) is 4.78. The van der Waals surface area contributed by atoms with E-state index in [2.05, 4.69) is 6.92 Å². The van der Waals surface area contributed by atoms with E-state index in [4.69, 9.17) is 27.6 Å². The van der Waals surface area contributed by atoms with Gasteiger partial charge in [-0.05, 0) is 72.6 Å². The Hall–Kier alpha value is -2.47. The molecule has 4 nitrogen and oxygen atoms in total. The predicted molar refractivity (Wildman–Crippen MR) is 128 cm³/mol. The fourth-order valence-corrected chi connectivity index (χ4v) is 4.48. The molecule has 1 saturated heterocycles. The molecule has 3 aromatic rings. The van der Waals surface area contributed by atoms with Gasteiger partial charge in [-0.3, -0.25) is 9.59 Å². The zero-order chi connectivity index (χ0) is 22.0. The topological polar surface area (TPSA) is 50.5 Å². The molecular formula is C24H19Cl2NO3S. The molecule has 0 N–H and O–H groups in total. The van der Waals surface area contributed by atoms with Crippen molar-refractivity contribution < 1.29 is 14.0 Å². The molecule has 0 spiro atoms. The zero-order valence-corrected chi connectivity index (χ0v) is 19.1. The van der Waals surface area contributed by atoms with Crippen LogP contribution in [-0.4, -0.2) is 11.1 Å². The molecule has 0 atom stereocenters. The first-order chi connectivity index (χ1) is 15.0. The Labute approximate surface area is 194 Å². The number of rotatable bonds is 6. The lowest BCUT2D eigenvalue weighted by molar-refractivity contribution is -0.113. The summed E-state index contributed by atoms with van der Waals surface area (Å²) in [5.74, 6) is 0.613. The lowest BCUT2D eigenvalue weighted by atomic mass is 10.1. The molecule has 0 bridgehead atoms. The number of furan rings is 1. The van der Waals surface area contributed by atoms with Gasteiger partial charge in [0.05, 0.1) is 15.6 Å². The molecule has 0 aliphatic carbocycles.